The molecular weight excluding hydrogens is 1730 g/mol. The van der Waals surface area contributed by atoms with Crippen molar-refractivity contribution < 1.29 is 4.74 Å². The van der Waals surface area contributed by atoms with E-state index in [1.807, 2.05) is 0 Å². The maximum absolute atomic E-state index is 6.06. The minimum atomic E-state index is 0.00636. The molecule has 1 aliphatic carbocycles. The summed E-state index contributed by atoms with van der Waals surface area (Å²) in [7, 11) is 1.75. The number of nitrogens with zero attached hydrogens (tertiary/aromatic N) is 6. The molecule has 1 saturated carbocycles. The van der Waals surface area contributed by atoms with Crippen molar-refractivity contribution in [3.8, 4) is 39.1 Å². The second-order valence-corrected chi connectivity index (χ2v) is 39.3. The number of benzene rings is 19. The molecule has 0 saturated heterocycles. The summed E-state index contributed by atoms with van der Waals surface area (Å²) in [5, 5.41) is 0. The van der Waals surface area contributed by atoms with Crippen molar-refractivity contribution >= 4 is 102 Å². The van der Waals surface area contributed by atoms with E-state index in [1.165, 1.54) is 200 Å². The Labute approximate surface area is 849 Å². The minimum absolute atomic E-state index is 0.00636. The first kappa shape index (κ1) is 97.0. The second-order valence-electron chi connectivity index (χ2n) is 39.3. The Hall–Kier alpha value is -16.2. The van der Waals surface area contributed by atoms with Crippen molar-refractivity contribution in [2.75, 3.05) is 36.5 Å². The number of hydrogen-bond acceptors (Lipinski definition) is 7. The lowest BCUT2D eigenvalue weighted by Gasteiger charge is -2.39. The zero-order chi connectivity index (χ0) is 99.4. The summed E-state index contributed by atoms with van der Waals surface area (Å²) >= 11 is 0. The van der Waals surface area contributed by atoms with Crippen LogP contribution < -0.4 is 34.1 Å². The van der Waals surface area contributed by atoms with Crippen LogP contribution in [0.15, 0.2) is 437 Å². The Bertz CT molecular complexity index is 7140. The van der Waals surface area contributed by atoms with E-state index in [0.717, 1.165) is 68.1 Å². The van der Waals surface area contributed by atoms with Crippen LogP contribution in [-0.4, -0.2) is 7.11 Å². The van der Waals surface area contributed by atoms with Crippen molar-refractivity contribution in [3.63, 3.8) is 0 Å². The summed E-state index contributed by atoms with van der Waals surface area (Å²) in [6, 6.07) is 160. The van der Waals surface area contributed by atoms with Gasteiger partial charge in [-0.3, -0.25) is 0 Å². The first-order valence-corrected chi connectivity index (χ1v) is 50.4. The number of rotatable bonds is 24. The predicted molar refractivity (Wildman–Crippen MR) is 612 cm³/mol. The maximum atomic E-state index is 6.06. The van der Waals surface area contributed by atoms with Gasteiger partial charge in [-0.05, 0) is 407 Å². The Morgan fingerprint density at radius 1 is 0.168 bits per heavy atom. The van der Waals surface area contributed by atoms with Crippen molar-refractivity contribution in [3.05, 3.63) is 531 Å². The van der Waals surface area contributed by atoms with Gasteiger partial charge in [-0.15, -0.1) is 0 Å². The second kappa shape index (κ2) is 43.7. The van der Waals surface area contributed by atoms with Gasteiger partial charge in [0, 0.05) is 102 Å². The van der Waals surface area contributed by atoms with E-state index in [9.17, 15) is 0 Å². The quantitative estimate of drug-likeness (QED) is 0.0595. The van der Waals surface area contributed by atoms with Crippen molar-refractivity contribution in [1.82, 2.24) is 0 Å². The standard InChI is InChI=1S/C48H44N2.C46H46N2.C42H40N2O/c1-33-12-20-43(21-13-33)49(44-22-14-34(2)15-23-44)47-26-18-41(31-37(47)5)42-19-27-48(38(6)32-42)50(46-29-35(3)28-36(4)30-46)45-24-16-40(17-25-45)39-10-8-7-9-11-39;1-34-8-20-40(21-9-34)47(41-22-10-35(2)11-23-41)44-28-16-38(17-29-44)46(32-6-5-7-33-46)39-18-30-45(31-19-39)48(42-24-12-36(3)13-25-42)43-26-14-37(4)15-27-43;1-29-7-17-36(18-8-29)43(37-19-9-30(2)10-20-37)40-25-15-34(27-33(40)5)35-16-26-41(42(28-35)45-6)44(38-21-11-31(3)12-22-38)39-23-13-32(4)14-24-39/h7-32H,1-6H3;8-31H,5-7,32-33H2,1-4H3;7-28H,1-6H3. The van der Waals surface area contributed by atoms with Crippen LogP contribution >= 0.6 is 0 Å². The topological polar surface area (TPSA) is 28.7 Å². The van der Waals surface area contributed by atoms with Gasteiger partial charge < -0.3 is 34.1 Å². The molecule has 0 N–H and O–H groups in total. The van der Waals surface area contributed by atoms with E-state index in [4.69, 9.17) is 4.74 Å². The van der Waals surface area contributed by atoms with Gasteiger partial charge in [0.15, 0.2) is 0 Å². The highest BCUT2D eigenvalue weighted by Gasteiger charge is 2.37. The molecule has 19 aromatic rings. The number of aryl methyl sites for hydroxylation is 15. The summed E-state index contributed by atoms with van der Waals surface area (Å²) in [5.74, 6) is 0.816. The van der Waals surface area contributed by atoms with Gasteiger partial charge in [0.1, 0.15) is 5.75 Å². The molecule has 0 spiro atoms. The highest BCUT2D eigenvalue weighted by atomic mass is 16.5. The average Bonchev–Trinajstić information content (AvgIpc) is 0.755. The summed E-state index contributed by atoms with van der Waals surface area (Å²) in [5.41, 5.74) is 49.2. The van der Waals surface area contributed by atoms with Gasteiger partial charge in [-0.25, -0.2) is 0 Å². The first-order valence-electron chi connectivity index (χ1n) is 50.4. The first-order chi connectivity index (χ1) is 69.4. The molecule has 0 unspecified atom stereocenters. The predicted octanol–water partition coefficient (Wildman–Crippen LogP) is 38.8. The molecule has 1 aliphatic rings. The molecule has 0 atom stereocenters. The van der Waals surface area contributed by atoms with E-state index in [-0.39, 0.29) is 5.41 Å². The number of hydrogen-bond donors (Lipinski definition) is 0. The molecule has 0 heterocycles. The van der Waals surface area contributed by atoms with E-state index in [2.05, 4.69) is 570 Å². The minimum Gasteiger partial charge on any atom is -0.495 e. The SMILES string of the molecule is COc1cc(-c2ccc(N(c3ccc(C)cc3)c3ccc(C)cc3)c(C)c2)ccc1N(c1ccc(C)cc1)c1ccc(C)cc1.Cc1ccc(N(c2ccc(C)cc2)c2ccc(-c3ccc(N(c4ccc(-c5ccccc5)cc4)c4cc(C)cc(C)c4)c(C)c3)cc2C)cc1.Cc1ccc(N(c2ccc(C)cc2)c2ccc(C3(c4ccc(N(c5ccc(C)cc5)c5ccc(C)cc5)cc4)CCCCC3)cc2)cc1. The molecule has 0 aromatic heterocycles. The van der Waals surface area contributed by atoms with Crippen LogP contribution in [0.5, 0.6) is 5.75 Å². The molecule has 143 heavy (non-hydrogen) atoms. The van der Waals surface area contributed by atoms with Crippen LogP contribution in [0.4, 0.5) is 102 Å². The summed E-state index contributed by atoms with van der Waals surface area (Å²) in [4.78, 5) is 14.1. The Kier molecular flexibility index (Phi) is 29.6. The molecule has 20 rings (SSSR count). The third kappa shape index (κ3) is 22.3. The van der Waals surface area contributed by atoms with E-state index >= 15 is 0 Å². The summed E-state index contributed by atoms with van der Waals surface area (Å²) < 4.78 is 6.06. The van der Waals surface area contributed by atoms with Crippen LogP contribution in [0.3, 0.4) is 0 Å². The number of methoxy groups -OCH3 is 1. The van der Waals surface area contributed by atoms with Crippen molar-refractivity contribution in [2.45, 2.75) is 141 Å². The fourth-order valence-electron chi connectivity index (χ4n) is 20.1. The van der Waals surface area contributed by atoms with Gasteiger partial charge in [-0.1, -0.05) is 293 Å². The van der Waals surface area contributed by atoms with Gasteiger partial charge in [0.25, 0.3) is 0 Å². The lowest BCUT2D eigenvalue weighted by Crippen LogP contribution is -2.30. The van der Waals surface area contributed by atoms with Crippen LogP contribution in [0.1, 0.15) is 127 Å². The normalized spacial score (nSPS) is 12.0. The van der Waals surface area contributed by atoms with Crippen LogP contribution in [0.25, 0.3) is 33.4 Å². The Balaban J connectivity index is 0.000000142. The maximum Gasteiger partial charge on any atom is 0.143 e. The van der Waals surface area contributed by atoms with Gasteiger partial charge in [0.2, 0.25) is 0 Å². The van der Waals surface area contributed by atoms with Crippen molar-refractivity contribution in [1.29, 1.82) is 0 Å². The molecule has 0 bridgehead atoms. The molecule has 710 valence electrons. The van der Waals surface area contributed by atoms with Gasteiger partial charge >= 0.3 is 0 Å². The summed E-state index contributed by atoms with van der Waals surface area (Å²) in [6.07, 6.45) is 6.15. The van der Waals surface area contributed by atoms with Gasteiger partial charge in [0.05, 0.1) is 12.8 Å². The van der Waals surface area contributed by atoms with E-state index in [1.54, 1.807) is 7.11 Å². The highest BCUT2D eigenvalue weighted by Crippen LogP contribution is 2.51. The Morgan fingerprint density at radius 3 is 0.636 bits per heavy atom. The smallest absolute Gasteiger partial charge is 0.143 e. The molecule has 7 heteroatoms. The molecular formula is C136H130N6O. The lowest BCUT2D eigenvalue weighted by atomic mass is 9.65. The molecule has 7 nitrogen and oxygen atoms in total. The average molecular weight is 1860 g/mol. The third-order valence-corrected chi connectivity index (χ3v) is 28.1. The van der Waals surface area contributed by atoms with E-state index in [0.29, 0.717) is 0 Å². The third-order valence-electron chi connectivity index (χ3n) is 28.1. The zero-order valence-electron chi connectivity index (χ0n) is 85.7. The van der Waals surface area contributed by atoms with Crippen LogP contribution in [0, 0.1) is 104 Å². The fraction of sp³-hybridized carbons (Fsp3) is 0.162. The molecule has 1 fully saturated rings. The Morgan fingerprint density at radius 2 is 0.378 bits per heavy atom. The zero-order valence-corrected chi connectivity index (χ0v) is 85.7. The lowest BCUT2D eigenvalue weighted by molar-refractivity contribution is 0.346. The largest absolute Gasteiger partial charge is 0.495 e. The van der Waals surface area contributed by atoms with Crippen molar-refractivity contribution in [2.24, 2.45) is 0 Å². The summed E-state index contributed by atoms with van der Waals surface area (Å²) in [6.45, 7) is 32.3. The number of anilines is 18. The fourth-order valence-corrected chi connectivity index (χ4v) is 20.1. The molecule has 19 aromatic carbocycles. The monoisotopic (exact) mass is 1860 g/mol. The number of ether oxygens (including phenoxy) is 1. The van der Waals surface area contributed by atoms with Crippen LogP contribution in [-0.2, 0) is 5.41 Å². The molecule has 0 amide bonds. The molecule has 0 radical (unpaired) electrons. The van der Waals surface area contributed by atoms with Crippen LogP contribution in [0.2, 0.25) is 0 Å². The molecule has 0 aliphatic heterocycles. The van der Waals surface area contributed by atoms with Gasteiger partial charge in [-0.2, -0.15) is 0 Å². The van der Waals surface area contributed by atoms with E-state index < -0.39 is 0 Å². The highest BCUT2D eigenvalue weighted by molar-refractivity contribution is 5.89.